The van der Waals surface area contributed by atoms with Crippen LogP contribution in [-0.4, -0.2) is 50.0 Å². The van der Waals surface area contributed by atoms with Gasteiger partial charge in [0.05, 0.1) is 6.54 Å². The van der Waals surface area contributed by atoms with Gasteiger partial charge in [-0.25, -0.2) is 9.50 Å². The van der Waals surface area contributed by atoms with Crippen molar-refractivity contribution in [3.05, 3.63) is 57.7 Å². The molecule has 1 fully saturated rings. The molecule has 0 aliphatic carbocycles. The molecule has 4 rings (SSSR count). The molecule has 0 spiro atoms. The molecule has 0 atom stereocenters. The SMILES string of the molecule is Cc1ccc(C)c(CN2CCC(CNC(=O)CCc3c(C)nc4nc(CN)nn4c3C)CC2)c1. The van der Waals surface area contributed by atoms with E-state index in [1.807, 2.05) is 13.8 Å². The van der Waals surface area contributed by atoms with E-state index in [9.17, 15) is 4.79 Å². The van der Waals surface area contributed by atoms with Crippen LogP contribution in [0.15, 0.2) is 18.2 Å². The number of carbonyl (C=O) groups is 1. The number of nitrogens with zero attached hydrogens (tertiary/aromatic N) is 5. The third-order valence-electron chi connectivity index (χ3n) is 7.07. The number of likely N-dealkylation sites (tertiary alicyclic amines) is 1. The first-order chi connectivity index (χ1) is 16.3. The third-order valence-corrected chi connectivity index (χ3v) is 7.07. The van der Waals surface area contributed by atoms with Crippen molar-refractivity contribution in [2.75, 3.05) is 19.6 Å². The van der Waals surface area contributed by atoms with Crippen molar-refractivity contribution in [3.8, 4) is 0 Å². The Kier molecular flexibility index (Phi) is 7.58. The Labute approximate surface area is 202 Å². The van der Waals surface area contributed by atoms with Crippen LogP contribution in [0.5, 0.6) is 0 Å². The second-order valence-electron chi connectivity index (χ2n) is 9.66. The molecule has 1 aliphatic heterocycles. The van der Waals surface area contributed by atoms with Gasteiger partial charge in [-0.15, -0.1) is 5.10 Å². The van der Waals surface area contributed by atoms with Gasteiger partial charge in [0.1, 0.15) is 0 Å². The van der Waals surface area contributed by atoms with Crippen molar-refractivity contribution in [1.29, 1.82) is 0 Å². The molecule has 0 bridgehead atoms. The highest BCUT2D eigenvalue weighted by Crippen LogP contribution is 2.21. The molecule has 8 heteroatoms. The van der Waals surface area contributed by atoms with Crippen LogP contribution in [0.25, 0.3) is 5.78 Å². The molecule has 3 aromatic rings. The van der Waals surface area contributed by atoms with Crippen molar-refractivity contribution in [1.82, 2.24) is 29.8 Å². The van der Waals surface area contributed by atoms with Gasteiger partial charge in [0.25, 0.3) is 5.78 Å². The molecule has 8 nitrogen and oxygen atoms in total. The summed E-state index contributed by atoms with van der Waals surface area (Å²) in [5.74, 6) is 1.78. The fourth-order valence-corrected chi connectivity index (χ4v) is 4.84. The smallest absolute Gasteiger partial charge is 0.252 e. The Morgan fingerprint density at radius 3 is 2.65 bits per heavy atom. The summed E-state index contributed by atoms with van der Waals surface area (Å²) in [6.07, 6.45) is 3.33. The summed E-state index contributed by atoms with van der Waals surface area (Å²) in [5.41, 5.74) is 12.7. The maximum atomic E-state index is 12.6. The van der Waals surface area contributed by atoms with Crippen LogP contribution in [0, 0.1) is 33.6 Å². The quantitative estimate of drug-likeness (QED) is 0.533. The minimum absolute atomic E-state index is 0.0953. The lowest BCUT2D eigenvalue weighted by molar-refractivity contribution is -0.121. The molecule has 182 valence electrons. The zero-order chi connectivity index (χ0) is 24.2. The number of carbonyl (C=O) groups excluding carboxylic acids is 1. The lowest BCUT2D eigenvalue weighted by atomic mass is 9.95. The Bertz CT molecular complexity index is 1160. The van der Waals surface area contributed by atoms with Gasteiger partial charge in [0.2, 0.25) is 5.91 Å². The van der Waals surface area contributed by atoms with Gasteiger partial charge in [0.15, 0.2) is 5.82 Å². The third kappa shape index (κ3) is 5.62. The molecular weight excluding hydrogens is 426 g/mol. The number of rotatable bonds is 8. The van der Waals surface area contributed by atoms with Crippen LogP contribution < -0.4 is 11.1 Å². The molecule has 3 heterocycles. The fraction of sp³-hybridized carbons (Fsp3) is 0.538. The Morgan fingerprint density at radius 2 is 1.91 bits per heavy atom. The molecule has 1 aromatic carbocycles. The highest BCUT2D eigenvalue weighted by atomic mass is 16.1. The normalized spacial score (nSPS) is 15.2. The number of piperidine rings is 1. The van der Waals surface area contributed by atoms with Gasteiger partial charge in [0, 0.05) is 30.9 Å². The zero-order valence-corrected chi connectivity index (χ0v) is 20.9. The number of hydrogen-bond acceptors (Lipinski definition) is 6. The highest BCUT2D eigenvalue weighted by Gasteiger charge is 2.21. The summed E-state index contributed by atoms with van der Waals surface area (Å²) in [6.45, 7) is 12.5. The summed E-state index contributed by atoms with van der Waals surface area (Å²) >= 11 is 0. The summed E-state index contributed by atoms with van der Waals surface area (Å²) in [7, 11) is 0. The second-order valence-corrected chi connectivity index (χ2v) is 9.66. The average Bonchev–Trinajstić information content (AvgIpc) is 3.24. The first-order valence-electron chi connectivity index (χ1n) is 12.3. The molecule has 3 N–H and O–H groups in total. The lowest BCUT2D eigenvalue weighted by Crippen LogP contribution is -2.38. The topological polar surface area (TPSA) is 101 Å². The van der Waals surface area contributed by atoms with Crippen LogP contribution in [-0.2, 0) is 24.3 Å². The molecule has 2 aromatic heterocycles. The predicted octanol–water partition coefficient (Wildman–Crippen LogP) is 2.78. The monoisotopic (exact) mass is 463 g/mol. The molecule has 1 saturated heterocycles. The average molecular weight is 464 g/mol. The van der Waals surface area contributed by atoms with E-state index < -0.39 is 0 Å². The van der Waals surface area contributed by atoms with E-state index in [0.717, 1.165) is 56.0 Å². The highest BCUT2D eigenvalue weighted by molar-refractivity contribution is 5.76. The number of nitrogens with one attached hydrogen (secondary N) is 1. The first kappa shape index (κ1) is 24.3. The molecule has 1 aliphatic rings. The van der Waals surface area contributed by atoms with Crippen molar-refractivity contribution < 1.29 is 4.79 Å². The van der Waals surface area contributed by atoms with Gasteiger partial charge in [-0.2, -0.15) is 4.98 Å². The Hall–Kier alpha value is -2.84. The molecule has 0 unspecified atom stereocenters. The zero-order valence-electron chi connectivity index (χ0n) is 20.9. The fourth-order valence-electron chi connectivity index (χ4n) is 4.84. The summed E-state index contributed by atoms with van der Waals surface area (Å²) < 4.78 is 1.73. The van der Waals surface area contributed by atoms with Crippen LogP contribution >= 0.6 is 0 Å². The standard InChI is InChI=1S/C26H37N7O/c1-17-5-6-18(2)22(13-17)16-32-11-9-21(10-12-32)15-28-25(34)8-7-23-19(3)29-26-30-24(14-27)31-33(26)20(23)4/h5-6,13,21H,7-12,14-16,27H2,1-4H3,(H,28,34). The van der Waals surface area contributed by atoms with Gasteiger partial charge in [-0.05, 0) is 82.7 Å². The van der Waals surface area contributed by atoms with Crippen LogP contribution in [0.1, 0.15) is 58.7 Å². The molecule has 1 amide bonds. The van der Waals surface area contributed by atoms with Crippen molar-refractivity contribution in [2.24, 2.45) is 11.7 Å². The van der Waals surface area contributed by atoms with E-state index in [2.05, 4.69) is 57.3 Å². The van der Waals surface area contributed by atoms with Crippen LogP contribution in [0.3, 0.4) is 0 Å². The first-order valence-corrected chi connectivity index (χ1v) is 12.3. The van der Waals surface area contributed by atoms with Gasteiger partial charge in [-0.3, -0.25) is 9.69 Å². The summed E-state index contributed by atoms with van der Waals surface area (Å²) in [5, 5.41) is 7.58. The number of aromatic nitrogens is 4. The number of fused-ring (bicyclic) bond motifs is 1. The predicted molar refractivity (Wildman–Crippen MR) is 133 cm³/mol. The number of hydrogen-bond donors (Lipinski definition) is 2. The number of nitrogens with two attached hydrogens (primary N) is 1. The Morgan fingerprint density at radius 1 is 1.15 bits per heavy atom. The van der Waals surface area contributed by atoms with E-state index in [-0.39, 0.29) is 12.5 Å². The van der Waals surface area contributed by atoms with Crippen LogP contribution in [0.2, 0.25) is 0 Å². The number of amides is 1. The van der Waals surface area contributed by atoms with E-state index >= 15 is 0 Å². The molecule has 0 radical (unpaired) electrons. The number of benzene rings is 1. The van der Waals surface area contributed by atoms with E-state index in [4.69, 9.17) is 5.73 Å². The van der Waals surface area contributed by atoms with E-state index in [1.165, 1.54) is 16.7 Å². The molecule has 34 heavy (non-hydrogen) atoms. The minimum atomic E-state index is 0.0953. The molecular formula is C26H37N7O. The van der Waals surface area contributed by atoms with E-state index in [0.29, 0.717) is 30.4 Å². The van der Waals surface area contributed by atoms with Crippen molar-refractivity contribution in [3.63, 3.8) is 0 Å². The largest absolute Gasteiger partial charge is 0.356 e. The Balaban J connectivity index is 1.23. The summed E-state index contributed by atoms with van der Waals surface area (Å²) in [6, 6.07) is 6.70. The van der Waals surface area contributed by atoms with E-state index in [1.54, 1.807) is 4.52 Å². The van der Waals surface area contributed by atoms with Gasteiger partial charge >= 0.3 is 0 Å². The van der Waals surface area contributed by atoms with Gasteiger partial charge in [-0.1, -0.05) is 23.8 Å². The summed E-state index contributed by atoms with van der Waals surface area (Å²) in [4.78, 5) is 24.0. The van der Waals surface area contributed by atoms with Crippen molar-refractivity contribution >= 4 is 11.7 Å². The van der Waals surface area contributed by atoms with Crippen LogP contribution in [0.4, 0.5) is 0 Å². The molecule has 0 saturated carbocycles. The lowest BCUT2D eigenvalue weighted by Gasteiger charge is -2.32. The van der Waals surface area contributed by atoms with Crippen molar-refractivity contribution in [2.45, 2.75) is 66.5 Å². The maximum Gasteiger partial charge on any atom is 0.252 e. The minimum Gasteiger partial charge on any atom is -0.356 e. The maximum absolute atomic E-state index is 12.6. The van der Waals surface area contributed by atoms with Gasteiger partial charge < -0.3 is 11.1 Å². The number of aryl methyl sites for hydroxylation is 4. The second kappa shape index (κ2) is 10.6.